The van der Waals surface area contributed by atoms with Gasteiger partial charge < -0.3 is 15.8 Å². The largest absolute Gasteiger partial charge is 0.462 e. The highest BCUT2D eigenvalue weighted by molar-refractivity contribution is 7.21. The van der Waals surface area contributed by atoms with Crippen LogP contribution in [-0.4, -0.2) is 23.5 Å². The van der Waals surface area contributed by atoms with Gasteiger partial charge in [0.1, 0.15) is 14.7 Å². The average Bonchev–Trinajstić information content (AvgIpc) is 3.47. The molecule has 2 atom stereocenters. The summed E-state index contributed by atoms with van der Waals surface area (Å²) in [6, 6.07) is 12.6. The molecule has 6 rings (SSSR count). The van der Waals surface area contributed by atoms with Crippen LogP contribution >= 0.6 is 22.7 Å². The molecule has 0 fully saturated rings. The molecule has 2 unspecified atom stereocenters. The van der Waals surface area contributed by atoms with Crippen LogP contribution < -0.4 is 11.1 Å². The highest BCUT2D eigenvalue weighted by Crippen LogP contribution is 2.44. The first-order valence-corrected chi connectivity index (χ1v) is 16.2. The number of thiophene rings is 2. The van der Waals surface area contributed by atoms with Gasteiger partial charge in [0.2, 0.25) is 0 Å². The van der Waals surface area contributed by atoms with E-state index < -0.39 is 0 Å². The number of carbonyl (C=O) groups is 2. The number of hydrogen-bond acceptors (Lipinski definition) is 7. The molecule has 0 saturated heterocycles. The van der Waals surface area contributed by atoms with Crippen LogP contribution in [0.2, 0.25) is 0 Å². The number of anilines is 2. The molecule has 0 aliphatic heterocycles. The summed E-state index contributed by atoms with van der Waals surface area (Å²) in [5.41, 5.74) is 12.4. The number of esters is 1. The average molecular weight is 588 g/mol. The van der Waals surface area contributed by atoms with Crippen LogP contribution in [0.5, 0.6) is 0 Å². The predicted octanol–water partition coefficient (Wildman–Crippen LogP) is 7.79. The van der Waals surface area contributed by atoms with E-state index in [1.54, 1.807) is 6.92 Å². The molecular formula is C33H37N3O3S2. The second kappa shape index (κ2) is 10.9. The van der Waals surface area contributed by atoms with Crippen molar-refractivity contribution in [1.82, 2.24) is 4.98 Å². The highest BCUT2D eigenvalue weighted by Gasteiger charge is 2.33. The number of carbonyl (C=O) groups excluding carboxylic acids is 2. The zero-order valence-electron chi connectivity index (χ0n) is 24.1. The molecule has 0 radical (unpaired) electrons. The Labute approximate surface area is 249 Å². The molecule has 3 N–H and O–H groups in total. The van der Waals surface area contributed by atoms with Gasteiger partial charge in [-0.1, -0.05) is 51.1 Å². The van der Waals surface area contributed by atoms with Crippen molar-refractivity contribution in [2.45, 2.75) is 72.1 Å². The minimum absolute atomic E-state index is 0.232. The second-order valence-electron chi connectivity index (χ2n) is 12.3. The normalized spacial score (nSPS) is 18.5. The number of ether oxygens (including phenoxy) is 1. The Balaban J connectivity index is 1.31. The third-order valence-corrected chi connectivity index (χ3v) is 11.0. The number of amides is 1. The van der Waals surface area contributed by atoms with Crippen molar-refractivity contribution in [3.8, 4) is 0 Å². The van der Waals surface area contributed by atoms with E-state index in [0.29, 0.717) is 33.0 Å². The summed E-state index contributed by atoms with van der Waals surface area (Å²) >= 11 is 2.82. The molecular weight excluding hydrogens is 551 g/mol. The molecule has 1 amide bonds. The van der Waals surface area contributed by atoms with Gasteiger partial charge in [-0.3, -0.25) is 4.79 Å². The molecule has 41 heavy (non-hydrogen) atoms. The molecule has 1 aromatic carbocycles. The third-order valence-electron chi connectivity index (χ3n) is 8.76. The summed E-state index contributed by atoms with van der Waals surface area (Å²) in [7, 11) is 0. The summed E-state index contributed by atoms with van der Waals surface area (Å²) < 4.78 is 5.44. The van der Waals surface area contributed by atoms with E-state index in [9.17, 15) is 9.59 Å². The molecule has 2 aliphatic rings. The first kappa shape index (κ1) is 27.9. The van der Waals surface area contributed by atoms with Crippen LogP contribution in [0.1, 0.15) is 93.7 Å². The van der Waals surface area contributed by atoms with Crippen LogP contribution in [0.4, 0.5) is 10.7 Å². The third kappa shape index (κ3) is 5.28. The van der Waals surface area contributed by atoms with Crippen LogP contribution in [0.15, 0.2) is 36.4 Å². The number of aryl methyl sites for hydroxylation is 1. The first-order valence-electron chi connectivity index (χ1n) is 14.5. The molecule has 3 aromatic heterocycles. The Morgan fingerprint density at radius 3 is 2.61 bits per heavy atom. The van der Waals surface area contributed by atoms with Gasteiger partial charge in [-0.05, 0) is 85.5 Å². The fourth-order valence-corrected chi connectivity index (χ4v) is 8.66. The van der Waals surface area contributed by atoms with Crippen LogP contribution in [-0.2, 0) is 30.4 Å². The zero-order chi connectivity index (χ0) is 28.9. The van der Waals surface area contributed by atoms with E-state index in [1.807, 2.05) is 6.07 Å². The minimum atomic E-state index is -0.384. The highest BCUT2D eigenvalue weighted by atomic mass is 32.1. The topological polar surface area (TPSA) is 94.3 Å². The van der Waals surface area contributed by atoms with Gasteiger partial charge in [0.15, 0.2) is 0 Å². The van der Waals surface area contributed by atoms with Gasteiger partial charge in [-0.2, -0.15) is 0 Å². The lowest BCUT2D eigenvalue weighted by Gasteiger charge is -2.34. The Morgan fingerprint density at radius 1 is 1.10 bits per heavy atom. The van der Waals surface area contributed by atoms with Gasteiger partial charge in [0.05, 0.1) is 17.9 Å². The van der Waals surface area contributed by atoms with Crippen LogP contribution in [0, 0.1) is 11.3 Å². The van der Waals surface area contributed by atoms with Gasteiger partial charge in [-0.15, -0.1) is 22.7 Å². The zero-order valence-corrected chi connectivity index (χ0v) is 25.8. The molecule has 2 aliphatic carbocycles. The molecule has 4 aromatic rings. The Hall–Kier alpha value is -3.23. The molecule has 0 bridgehead atoms. The van der Waals surface area contributed by atoms with Crippen LogP contribution in [0.3, 0.4) is 0 Å². The quantitative estimate of drug-likeness (QED) is 0.232. The lowest BCUT2D eigenvalue weighted by Crippen LogP contribution is -2.27. The second-order valence-corrected chi connectivity index (χ2v) is 14.4. The Bertz CT molecular complexity index is 1630. The van der Waals surface area contributed by atoms with E-state index >= 15 is 0 Å². The number of benzene rings is 1. The maximum absolute atomic E-state index is 13.7. The number of aromatic nitrogens is 1. The van der Waals surface area contributed by atoms with Crippen molar-refractivity contribution in [3.05, 3.63) is 74.1 Å². The first-order chi connectivity index (χ1) is 19.6. The van der Waals surface area contributed by atoms with E-state index in [0.717, 1.165) is 64.9 Å². The maximum Gasteiger partial charge on any atom is 0.341 e. The van der Waals surface area contributed by atoms with Crippen molar-refractivity contribution in [2.24, 2.45) is 11.3 Å². The van der Waals surface area contributed by atoms with Gasteiger partial charge in [-0.25, -0.2) is 9.78 Å². The Morgan fingerprint density at radius 2 is 1.88 bits per heavy atom. The van der Waals surface area contributed by atoms with Crippen molar-refractivity contribution in [1.29, 1.82) is 0 Å². The fourth-order valence-electron chi connectivity index (χ4n) is 6.36. The van der Waals surface area contributed by atoms with Crippen molar-refractivity contribution >= 4 is 55.5 Å². The number of pyridine rings is 1. The van der Waals surface area contributed by atoms with E-state index in [-0.39, 0.29) is 23.9 Å². The van der Waals surface area contributed by atoms with Gasteiger partial charge in [0.25, 0.3) is 5.91 Å². The molecule has 0 spiro atoms. The minimum Gasteiger partial charge on any atom is -0.462 e. The standard InChI is InChI=1S/C33H37N3O3S2/c1-5-39-32(38)26-22-13-11-19(18-9-7-6-8-10-18)17-25(22)40-31(26)36-29(37)28-27(34)23-16-20-15-21(33(2,3)4)12-14-24(20)35-30(23)41-28/h6-10,16,19,21H,5,11-15,17,34H2,1-4H3,(H,36,37). The van der Waals surface area contributed by atoms with Crippen molar-refractivity contribution < 1.29 is 14.3 Å². The van der Waals surface area contributed by atoms with Crippen molar-refractivity contribution in [3.63, 3.8) is 0 Å². The number of rotatable bonds is 5. The fraction of sp³-hybridized carbons (Fsp3) is 0.424. The summed E-state index contributed by atoms with van der Waals surface area (Å²) in [5.74, 6) is 0.281. The summed E-state index contributed by atoms with van der Waals surface area (Å²) in [6.07, 6.45) is 5.59. The van der Waals surface area contributed by atoms with E-state index in [1.165, 1.54) is 33.8 Å². The predicted molar refractivity (Wildman–Crippen MR) is 168 cm³/mol. The lowest BCUT2D eigenvalue weighted by molar-refractivity contribution is 0.0526. The smallest absolute Gasteiger partial charge is 0.341 e. The summed E-state index contributed by atoms with van der Waals surface area (Å²) in [4.78, 5) is 34.1. The SMILES string of the molecule is CCOC(=O)c1c(NC(=O)c2sc3nc4c(cc3c2N)CC(C(C)(C)C)CC4)sc2c1CCC(c1ccccc1)C2. The molecule has 0 saturated carbocycles. The molecule has 8 heteroatoms. The summed E-state index contributed by atoms with van der Waals surface area (Å²) in [6.45, 7) is 8.97. The van der Waals surface area contributed by atoms with E-state index in [4.69, 9.17) is 15.5 Å². The van der Waals surface area contributed by atoms with Crippen LogP contribution in [0.25, 0.3) is 10.2 Å². The summed E-state index contributed by atoms with van der Waals surface area (Å²) in [5, 5.41) is 4.45. The molecule has 6 nitrogen and oxygen atoms in total. The van der Waals surface area contributed by atoms with Crippen molar-refractivity contribution in [2.75, 3.05) is 17.7 Å². The number of nitrogen functional groups attached to an aromatic ring is 1. The molecule has 3 heterocycles. The number of nitrogens with zero attached hydrogens (tertiary/aromatic N) is 1. The number of hydrogen-bond donors (Lipinski definition) is 2. The number of nitrogens with one attached hydrogen (secondary N) is 1. The van der Waals surface area contributed by atoms with Gasteiger partial charge in [0, 0.05) is 16.0 Å². The lowest BCUT2D eigenvalue weighted by atomic mass is 9.71. The Kier molecular flexibility index (Phi) is 7.41. The maximum atomic E-state index is 13.7. The number of fused-ring (bicyclic) bond motifs is 3. The molecule has 214 valence electrons. The number of nitrogens with two attached hydrogens (primary N) is 1. The van der Waals surface area contributed by atoms with E-state index in [2.05, 4.69) is 56.4 Å². The monoisotopic (exact) mass is 587 g/mol. The van der Waals surface area contributed by atoms with Gasteiger partial charge >= 0.3 is 5.97 Å².